The lowest BCUT2D eigenvalue weighted by Gasteiger charge is -2.46. The summed E-state index contributed by atoms with van der Waals surface area (Å²) >= 11 is 0. The van der Waals surface area contributed by atoms with E-state index in [0.29, 0.717) is 12.0 Å². The van der Waals surface area contributed by atoms with Crippen LogP contribution < -0.4 is 11.1 Å². The highest BCUT2D eigenvalue weighted by Gasteiger charge is 2.41. The molecule has 1 fully saturated rings. The maximum absolute atomic E-state index is 6.49. The minimum Gasteiger partial charge on any atom is -0.372 e. The maximum Gasteiger partial charge on any atom is 0.0835 e. The second-order valence-electron chi connectivity index (χ2n) is 11.0. The Morgan fingerprint density at radius 1 is 0.750 bits per heavy atom. The predicted molar refractivity (Wildman–Crippen MR) is 142 cm³/mol. The molecule has 3 heteroatoms. The van der Waals surface area contributed by atoms with E-state index in [1.54, 1.807) is 0 Å². The Bertz CT molecular complexity index is 401. The predicted octanol–water partition coefficient (Wildman–Crippen LogP) is 8.15. The summed E-state index contributed by atoms with van der Waals surface area (Å²) in [6.07, 6.45) is 27.4. The summed E-state index contributed by atoms with van der Waals surface area (Å²) < 4.78 is 6.49. The van der Waals surface area contributed by atoms with E-state index in [2.05, 4.69) is 26.1 Å². The third-order valence-corrected chi connectivity index (χ3v) is 7.48. The van der Waals surface area contributed by atoms with Gasteiger partial charge in [-0.15, -0.1) is 0 Å². The van der Waals surface area contributed by atoms with Gasteiger partial charge < -0.3 is 15.8 Å². The van der Waals surface area contributed by atoms with E-state index in [0.717, 1.165) is 32.5 Å². The number of morpholine rings is 1. The molecule has 1 rings (SSSR count). The van der Waals surface area contributed by atoms with Crippen LogP contribution in [-0.2, 0) is 4.74 Å². The minimum absolute atomic E-state index is 0.0257. The van der Waals surface area contributed by atoms with Crippen molar-refractivity contribution >= 4 is 0 Å². The molecule has 0 aliphatic carbocycles. The zero-order valence-corrected chi connectivity index (χ0v) is 22.4. The van der Waals surface area contributed by atoms with Crippen molar-refractivity contribution in [3.63, 3.8) is 0 Å². The Hall–Kier alpha value is -0.120. The van der Waals surface area contributed by atoms with Crippen molar-refractivity contribution in [3.8, 4) is 0 Å². The fraction of sp³-hybridized carbons (Fsp3) is 1.00. The third-order valence-electron chi connectivity index (χ3n) is 7.48. The fourth-order valence-electron chi connectivity index (χ4n) is 5.53. The van der Waals surface area contributed by atoms with E-state index in [1.165, 1.54) is 116 Å². The van der Waals surface area contributed by atoms with E-state index in [1.807, 2.05) is 0 Å². The van der Waals surface area contributed by atoms with Crippen LogP contribution in [0.15, 0.2) is 0 Å². The van der Waals surface area contributed by atoms with Crippen molar-refractivity contribution in [1.29, 1.82) is 0 Å². The van der Waals surface area contributed by atoms with Crippen LogP contribution in [0.4, 0.5) is 0 Å². The van der Waals surface area contributed by atoms with Gasteiger partial charge in [-0.3, -0.25) is 0 Å². The number of hydrogen-bond acceptors (Lipinski definition) is 3. The summed E-state index contributed by atoms with van der Waals surface area (Å²) in [5, 5.41) is 3.79. The van der Waals surface area contributed by atoms with Gasteiger partial charge in [-0.1, -0.05) is 124 Å². The van der Waals surface area contributed by atoms with Crippen LogP contribution in [0.25, 0.3) is 0 Å². The zero-order valence-electron chi connectivity index (χ0n) is 22.4. The number of hydrogen-bond donors (Lipinski definition) is 2. The van der Waals surface area contributed by atoms with E-state index < -0.39 is 0 Å². The van der Waals surface area contributed by atoms with Crippen molar-refractivity contribution in [1.82, 2.24) is 5.32 Å². The van der Waals surface area contributed by atoms with Crippen molar-refractivity contribution in [2.75, 3.05) is 19.7 Å². The first kappa shape index (κ1) is 29.9. The molecule has 0 aromatic heterocycles. The highest BCUT2D eigenvalue weighted by atomic mass is 16.5. The first-order valence-corrected chi connectivity index (χ1v) is 14.7. The Morgan fingerprint density at radius 3 is 1.69 bits per heavy atom. The molecule has 2 atom stereocenters. The molecule has 0 radical (unpaired) electrons. The van der Waals surface area contributed by atoms with Crippen LogP contribution in [0.2, 0.25) is 0 Å². The lowest BCUT2D eigenvalue weighted by molar-refractivity contribution is -0.113. The number of nitrogens with two attached hydrogens (primary N) is 1. The van der Waals surface area contributed by atoms with Crippen LogP contribution in [0.3, 0.4) is 0 Å². The summed E-state index contributed by atoms with van der Waals surface area (Å²) in [7, 11) is 0. The molecule has 192 valence electrons. The molecule has 1 saturated heterocycles. The van der Waals surface area contributed by atoms with Gasteiger partial charge in [-0.05, 0) is 38.1 Å². The van der Waals surface area contributed by atoms with E-state index in [-0.39, 0.29) is 5.60 Å². The van der Waals surface area contributed by atoms with E-state index in [9.17, 15) is 0 Å². The van der Waals surface area contributed by atoms with Gasteiger partial charge in [-0.2, -0.15) is 0 Å². The van der Waals surface area contributed by atoms with Gasteiger partial charge in [0.2, 0.25) is 0 Å². The molecule has 0 saturated carbocycles. The molecular weight excluding hydrogens is 392 g/mol. The summed E-state index contributed by atoms with van der Waals surface area (Å²) in [4.78, 5) is 0. The lowest BCUT2D eigenvalue weighted by atomic mass is 9.79. The first-order chi connectivity index (χ1) is 15.6. The van der Waals surface area contributed by atoms with Gasteiger partial charge in [0.15, 0.2) is 0 Å². The fourth-order valence-corrected chi connectivity index (χ4v) is 5.53. The Kier molecular flexibility index (Phi) is 18.9. The van der Waals surface area contributed by atoms with Crippen molar-refractivity contribution < 1.29 is 4.74 Å². The second-order valence-corrected chi connectivity index (χ2v) is 11.0. The van der Waals surface area contributed by atoms with Crippen molar-refractivity contribution in [2.24, 2.45) is 11.7 Å². The quantitative estimate of drug-likeness (QED) is 0.163. The molecule has 0 aromatic carbocycles. The van der Waals surface area contributed by atoms with Gasteiger partial charge in [0.05, 0.1) is 12.2 Å². The first-order valence-electron chi connectivity index (χ1n) is 14.7. The lowest BCUT2D eigenvalue weighted by Crippen LogP contribution is -2.58. The second kappa shape index (κ2) is 20.3. The van der Waals surface area contributed by atoms with Crippen molar-refractivity contribution in [2.45, 2.75) is 161 Å². The largest absolute Gasteiger partial charge is 0.372 e. The molecule has 1 heterocycles. The summed E-state index contributed by atoms with van der Waals surface area (Å²) in [6, 6.07) is 0.499. The molecule has 2 unspecified atom stereocenters. The monoisotopic (exact) mass is 452 g/mol. The van der Waals surface area contributed by atoms with E-state index >= 15 is 0 Å². The maximum atomic E-state index is 6.49. The smallest absolute Gasteiger partial charge is 0.0835 e. The van der Waals surface area contributed by atoms with Crippen LogP contribution in [0.5, 0.6) is 0 Å². The van der Waals surface area contributed by atoms with Gasteiger partial charge >= 0.3 is 0 Å². The average Bonchev–Trinajstić information content (AvgIpc) is 2.78. The summed E-state index contributed by atoms with van der Waals surface area (Å²) in [5.41, 5.74) is 5.89. The number of nitrogens with one attached hydrogen (secondary N) is 1. The Labute approximate surface area is 202 Å². The molecule has 0 aromatic rings. The molecule has 32 heavy (non-hydrogen) atoms. The Balaban J connectivity index is 2.06. The number of unbranched alkanes of at least 4 members (excludes halogenated alkanes) is 15. The highest BCUT2D eigenvalue weighted by Crippen LogP contribution is 2.34. The minimum atomic E-state index is 0.0257. The zero-order chi connectivity index (χ0) is 23.3. The molecule has 1 aliphatic rings. The van der Waals surface area contributed by atoms with E-state index in [4.69, 9.17) is 10.5 Å². The molecule has 3 N–H and O–H groups in total. The van der Waals surface area contributed by atoms with Gasteiger partial charge in [0.25, 0.3) is 0 Å². The van der Waals surface area contributed by atoms with Crippen molar-refractivity contribution in [3.05, 3.63) is 0 Å². The van der Waals surface area contributed by atoms with Gasteiger partial charge in [0, 0.05) is 12.6 Å². The van der Waals surface area contributed by atoms with Gasteiger partial charge in [-0.25, -0.2) is 0 Å². The van der Waals surface area contributed by atoms with Crippen LogP contribution in [0.1, 0.15) is 149 Å². The number of rotatable bonds is 22. The normalized spacial score (nSPS) is 21.5. The third kappa shape index (κ3) is 14.2. The topological polar surface area (TPSA) is 47.3 Å². The summed E-state index contributed by atoms with van der Waals surface area (Å²) in [5.74, 6) is 0.706. The summed E-state index contributed by atoms with van der Waals surface area (Å²) in [6.45, 7) is 9.60. The van der Waals surface area contributed by atoms with Crippen LogP contribution in [-0.4, -0.2) is 31.3 Å². The molecule has 3 nitrogen and oxygen atoms in total. The highest BCUT2D eigenvalue weighted by molar-refractivity contribution is 4.96. The van der Waals surface area contributed by atoms with Crippen LogP contribution in [0, 0.1) is 5.92 Å². The van der Waals surface area contributed by atoms with Gasteiger partial charge in [0.1, 0.15) is 0 Å². The molecule has 0 amide bonds. The standard InChI is InChI=1S/C29H60N2O/c1-4-5-6-7-8-9-10-11-12-13-14-15-16-17-18-19-21-29(22-20-23-30)28(26-27(2)3)31-24-25-32-29/h27-28,31H,4-26,30H2,1-3H3. The average molecular weight is 453 g/mol. The Morgan fingerprint density at radius 2 is 1.22 bits per heavy atom. The number of ether oxygens (including phenoxy) is 1. The SMILES string of the molecule is CCCCCCCCCCCCCCCCCCC1(CCCN)OCCNC1CC(C)C. The molecule has 0 spiro atoms. The molecule has 1 aliphatic heterocycles. The van der Waals surface area contributed by atoms with Crippen LogP contribution >= 0.6 is 0 Å². The molecular formula is C29H60N2O. The molecule has 0 bridgehead atoms.